The Morgan fingerprint density at radius 1 is 1.15 bits per heavy atom. The van der Waals surface area contributed by atoms with Gasteiger partial charge in [0.15, 0.2) is 0 Å². The van der Waals surface area contributed by atoms with Crippen molar-refractivity contribution in [3.8, 4) is 0 Å². The third-order valence-electron chi connectivity index (χ3n) is 2.93. The smallest absolute Gasteiger partial charge is 0.0343 e. The van der Waals surface area contributed by atoms with Gasteiger partial charge in [-0.05, 0) is 48.0 Å². The molecule has 1 rings (SSSR count). The second kappa shape index (κ2) is 3.13. The number of hydrogen-bond acceptors (Lipinski definition) is 1. The number of rotatable bonds is 1. The summed E-state index contributed by atoms with van der Waals surface area (Å²) in [5.41, 5.74) is 0.502. The van der Waals surface area contributed by atoms with Crippen LogP contribution in [0.4, 0.5) is 0 Å². The first-order chi connectivity index (χ1) is 5.77. The van der Waals surface area contributed by atoms with Crippen LogP contribution in [-0.2, 0) is 0 Å². The van der Waals surface area contributed by atoms with Gasteiger partial charge < -0.3 is 0 Å². The molecule has 0 atom stereocenters. The summed E-state index contributed by atoms with van der Waals surface area (Å²) in [5.74, 6) is 0. The molecule has 1 nitrogen and oxygen atoms in total. The highest BCUT2D eigenvalue weighted by molar-refractivity contribution is 5.13. The maximum absolute atomic E-state index is 2.60. The lowest BCUT2D eigenvalue weighted by Gasteiger charge is -2.52. The Morgan fingerprint density at radius 3 is 2.00 bits per heavy atom. The topological polar surface area (TPSA) is 3.24 Å². The van der Waals surface area contributed by atoms with E-state index in [1.54, 1.807) is 0 Å². The number of nitrogens with zero attached hydrogens (tertiary/aromatic N) is 1. The first-order valence-corrected chi connectivity index (χ1v) is 5.24. The lowest BCUT2D eigenvalue weighted by Crippen LogP contribution is -2.59. The van der Waals surface area contributed by atoms with Gasteiger partial charge in [-0.2, -0.15) is 0 Å². The van der Waals surface area contributed by atoms with E-state index < -0.39 is 0 Å². The highest BCUT2D eigenvalue weighted by Crippen LogP contribution is 2.35. The van der Waals surface area contributed by atoms with E-state index in [1.165, 1.54) is 0 Å². The quantitative estimate of drug-likeness (QED) is 0.561. The lowest BCUT2D eigenvalue weighted by molar-refractivity contribution is 0.00560. The molecule has 0 N–H and O–H groups in total. The van der Waals surface area contributed by atoms with Crippen molar-refractivity contribution in [2.24, 2.45) is 0 Å². The Labute approximate surface area is 82.8 Å². The van der Waals surface area contributed by atoms with Crippen LogP contribution in [0.25, 0.3) is 0 Å². The fraction of sp³-hybridized carbons (Fsp3) is 0.833. The molecule has 0 aliphatic carbocycles. The van der Waals surface area contributed by atoms with E-state index in [0.717, 1.165) is 6.42 Å². The maximum Gasteiger partial charge on any atom is 0.0343 e. The van der Waals surface area contributed by atoms with E-state index >= 15 is 0 Å². The fourth-order valence-electron chi connectivity index (χ4n) is 2.96. The van der Waals surface area contributed by atoms with Gasteiger partial charge in [0, 0.05) is 17.1 Å². The van der Waals surface area contributed by atoms with Gasteiger partial charge in [0.25, 0.3) is 0 Å². The van der Waals surface area contributed by atoms with E-state index in [4.69, 9.17) is 0 Å². The average Bonchev–Trinajstić information content (AvgIpc) is 1.79. The molecule has 0 bridgehead atoms. The van der Waals surface area contributed by atoms with E-state index in [1.807, 2.05) is 0 Å². The molecule has 0 aromatic heterocycles. The van der Waals surface area contributed by atoms with Crippen LogP contribution in [-0.4, -0.2) is 22.0 Å². The zero-order valence-corrected chi connectivity index (χ0v) is 9.89. The minimum absolute atomic E-state index is 0.204. The average molecular weight is 181 g/mol. The van der Waals surface area contributed by atoms with Gasteiger partial charge >= 0.3 is 0 Å². The van der Waals surface area contributed by atoms with Crippen LogP contribution in [0.15, 0.2) is 12.2 Å². The van der Waals surface area contributed by atoms with Gasteiger partial charge in [0.05, 0.1) is 0 Å². The molecule has 76 valence electrons. The SMILES string of the molecule is CC(C)N1C(C)(C)C=CCC1(C)C. The van der Waals surface area contributed by atoms with Crippen molar-refractivity contribution in [3.05, 3.63) is 12.2 Å². The van der Waals surface area contributed by atoms with Crippen LogP contribution in [0.3, 0.4) is 0 Å². The van der Waals surface area contributed by atoms with Crippen molar-refractivity contribution in [1.29, 1.82) is 0 Å². The standard InChI is InChI=1S/C12H23N/c1-10(2)13-11(3,4)8-7-9-12(13,5)6/h7-8,10H,9H2,1-6H3. The monoisotopic (exact) mass is 181 g/mol. The molecule has 0 spiro atoms. The van der Waals surface area contributed by atoms with Gasteiger partial charge in [0.1, 0.15) is 0 Å². The Hall–Kier alpha value is -0.300. The summed E-state index contributed by atoms with van der Waals surface area (Å²) in [6, 6.07) is 0.606. The van der Waals surface area contributed by atoms with Crippen LogP contribution in [0, 0.1) is 0 Å². The fourth-order valence-corrected chi connectivity index (χ4v) is 2.96. The van der Waals surface area contributed by atoms with Crippen molar-refractivity contribution in [3.63, 3.8) is 0 Å². The van der Waals surface area contributed by atoms with Crippen LogP contribution >= 0.6 is 0 Å². The molecule has 0 fully saturated rings. The Morgan fingerprint density at radius 2 is 1.69 bits per heavy atom. The molecule has 1 heterocycles. The van der Waals surface area contributed by atoms with Crippen molar-refractivity contribution in [1.82, 2.24) is 4.90 Å². The van der Waals surface area contributed by atoms with Crippen molar-refractivity contribution >= 4 is 0 Å². The summed E-state index contributed by atoms with van der Waals surface area (Å²) < 4.78 is 0. The molecule has 13 heavy (non-hydrogen) atoms. The van der Waals surface area contributed by atoms with Gasteiger partial charge in [0.2, 0.25) is 0 Å². The predicted molar refractivity (Wildman–Crippen MR) is 58.9 cm³/mol. The molecule has 1 aliphatic heterocycles. The Balaban J connectivity index is 3.02. The summed E-state index contributed by atoms with van der Waals surface area (Å²) >= 11 is 0. The molecule has 0 saturated heterocycles. The van der Waals surface area contributed by atoms with E-state index in [-0.39, 0.29) is 5.54 Å². The summed E-state index contributed by atoms with van der Waals surface area (Å²) in [5, 5.41) is 0. The van der Waals surface area contributed by atoms with Gasteiger partial charge in [-0.1, -0.05) is 12.2 Å². The highest BCUT2D eigenvalue weighted by atomic mass is 15.3. The molecular weight excluding hydrogens is 158 g/mol. The molecule has 0 unspecified atom stereocenters. The van der Waals surface area contributed by atoms with Crippen molar-refractivity contribution in [2.75, 3.05) is 0 Å². The molecule has 1 heteroatoms. The lowest BCUT2D eigenvalue weighted by atomic mass is 9.84. The zero-order chi connectivity index (χ0) is 10.3. The second-order valence-corrected chi connectivity index (χ2v) is 5.54. The molecule has 0 aromatic carbocycles. The normalized spacial score (nSPS) is 26.7. The van der Waals surface area contributed by atoms with Gasteiger partial charge in [-0.3, -0.25) is 4.90 Å². The minimum Gasteiger partial charge on any atom is -0.287 e. The Kier molecular flexibility index (Phi) is 2.59. The third kappa shape index (κ3) is 1.96. The Bertz CT molecular complexity index is 211. The molecule has 0 amide bonds. The molecule has 0 saturated carbocycles. The molecule has 0 aromatic rings. The number of hydrogen-bond donors (Lipinski definition) is 0. The van der Waals surface area contributed by atoms with Crippen LogP contribution in [0.5, 0.6) is 0 Å². The zero-order valence-electron chi connectivity index (χ0n) is 9.89. The predicted octanol–water partition coefficient (Wildman–Crippen LogP) is 3.21. The highest BCUT2D eigenvalue weighted by Gasteiger charge is 2.39. The summed E-state index contributed by atoms with van der Waals surface area (Å²) in [6.07, 6.45) is 5.81. The van der Waals surface area contributed by atoms with E-state index in [0.29, 0.717) is 11.6 Å². The van der Waals surface area contributed by atoms with Crippen LogP contribution < -0.4 is 0 Å². The van der Waals surface area contributed by atoms with Crippen LogP contribution in [0.1, 0.15) is 48.0 Å². The molecule has 0 radical (unpaired) electrons. The minimum atomic E-state index is 0.204. The first-order valence-electron chi connectivity index (χ1n) is 5.24. The molecular formula is C12H23N. The third-order valence-corrected chi connectivity index (χ3v) is 2.93. The van der Waals surface area contributed by atoms with Crippen molar-refractivity contribution in [2.45, 2.75) is 65.1 Å². The van der Waals surface area contributed by atoms with E-state index in [9.17, 15) is 0 Å². The molecule has 1 aliphatic rings. The summed E-state index contributed by atoms with van der Waals surface area (Å²) in [4.78, 5) is 2.60. The summed E-state index contributed by atoms with van der Waals surface area (Å²) in [6.45, 7) is 13.8. The van der Waals surface area contributed by atoms with Gasteiger partial charge in [-0.15, -0.1) is 0 Å². The largest absolute Gasteiger partial charge is 0.287 e. The van der Waals surface area contributed by atoms with Crippen molar-refractivity contribution < 1.29 is 0 Å². The van der Waals surface area contributed by atoms with E-state index in [2.05, 4.69) is 58.6 Å². The first kappa shape index (κ1) is 10.8. The maximum atomic E-state index is 2.60. The van der Waals surface area contributed by atoms with Crippen LogP contribution in [0.2, 0.25) is 0 Å². The van der Waals surface area contributed by atoms with Gasteiger partial charge in [-0.25, -0.2) is 0 Å². The summed E-state index contributed by atoms with van der Waals surface area (Å²) in [7, 11) is 0. The second-order valence-electron chi connectivity index (χ2n) is 5.54.